The third-order valence-corrected chi connectivity index (χ3v) is 8.31. The van der Waals surface area contributed by atoms with Gasteiger partial charge in [-0.25, -0.2) is 8.42 Å². The molecule has 5 nitrogen and oxygen atoms in total. The van der Waals surface area contributed by atoms with Gasteiger partial charge in [0.15, 0.2) is 0 Å². The van der Waals surface area contributed by atoms with Gasteiger partial charge in [0.2, 0.25) is 10.0 Å². The Balaban J connectivity index is 1.75. The lowest BCUT2D eigenvalue weighted by Gasteiger charge is -2.25. The van der Waals surface area contributed by atoms with Gasteiger partial charge in [-0.1, -0.05) is 23.7 Å². The largest absolute Gasteiger partial charge is 0.348 e. The lowest BCUT2D eigenvalue weighted by molar-refractivity contribution is 0.0951. The lowest BCUT2D eigenvalue weighted by atomic mass is 10.2. The summed E-state index contributed by atoms with van der Waals surface area (Å²) < 4.78 is 27.2. The summed E-state index contributed by atoms with van der Waals surface area (Å²) in [5.41, 5.74) is 1.12. The Labute approximate surface area is 179 Å². The van der Waals surface area contributed by atoms with Crippen molar-refractivity contribution >= 4 is 51.1 Å². The van der Waals surface area contributed by atoms with Crippen molar-refractivity contribution in [1.29, 1.82) is 0 Å². The maximum Gasteiger partial charge on any atom is 0.253 e. The molecule has 0 saturated carbocycles. The number of rotatable bonds is 6. The van der Waals surface area contributed by atoms with Crippen LogP contribution in [0.4, 0.5) is 0 Å². The molecule has 0 aromatic heterocycles. The average Bonchev–Trinajstić information content (AvgIpc) is 2.73. The molecule has 2 aromatic rings. The Morgan fingerprint density at radius 1 is 1.18 bits per heavy atom. The van der Waals surface area contributed by atoms with E-state index >= 15 is 0 Å². The molecule has 0 radical (unpaired) electrons. The van der Waals surface area contributed by atoms with Crippen LogP contribution >= 0.6 is 35.1 Å². The highest BCUT2D eigenvalue weighted by molar-refractivity contribution is 7.99. The fraction of sp³-hybridized carbons (Fsp3) is 0.316. The molecule has 28 heavy (non-hydrogen) atoms. The monoisotopic (exact) mass is 456 g/mol. The van der Waals surface area contributed by atoms with Gasteiger partial charge in [0.1, 0.15) is 0 Å². The van der Waals surface area contributed by atoms with Crippen molar-refractivity contribution < 1.29 is 13.2 Å². The highest BCUT2D eigenvalue weighted by Crippen LogP contribution is 2.25. The summed E-state index contributed by atoms with van der Waals surface area (Å²) in [7, 11) is -3.63. The van der Waals surface area contributed by atoms with E-state index in [4.69, 9.17) is 11.6 Å². The zero-order valence-corrected chi connectivity index (χ0v) is 18.6. The number of amides is 1. The average molecular weight is 457 g/mol. The van der Waals surface area contributed by atoms with Crippen LogP contribution in [0.5, 0.6) is 0 Å². The topological polar surface area (TPSA) is 66.5 Å². The Morgan fingerprint density at radius 3 is 2.50 bits per heavy atom. The fourth-order valence-electron chi connectivity index (χ4n) is 2.80. The highest BCUT2D eigenvalue weighted by atomic mass is 35.5. The van der Waals surface area contributed by atoms with Gasteiger partial charge < -0.3 is 5.32 Å². The minimum absolute atomic E-state index is 0.0956. The second-order valence-corrected chi connectivity index (χ2v) is 10.6. The summed E-state index contributed by atoms with van der Waals surface area (Å²) in [4.78, 5) is 13.8. The Bertz CT molecular complexity index is 943. The van der Waals surface area contributed by atoms with Crippen LogP contribution in [0, 0.1) is 0 Å². The van der Waals surface area contributed by atoms with E-state index in [1.165, 1.54) is 22.5 Å². The summed E-state index contributed by atoms with van der Waals surface area (Å²) in [6, 6.07) is 12.2. The van der Waals surface area contributed by atoms with Crippen molar-refractivity contribution in [2.75, 3.05) is 30.9 Å². The molecule has 2 aromatic carbocycles. The molecule has 1 saturated heterocycles. The van der Waals surface area contributed by atoms with Gasteiger partial charge in [0.25, 0.3) is 5.91 Å². The first-order valence-corrected chi connectivity index (χ1v) is 12.9. The predicted molar refractivity (Wildman–Crippen MR) is 117 cm³/mol. The highest BCUT2D eigenvalue weighted by Gasteiger charge is 2.27. The molecule has 0 aliphatic carbocycles. The summed E-state index contributed by atoms with van der Waals surface area (Å²) >= 11 is 9.56. The van der Waals surface area contributed by atoms with Crippen LogP contribution in [0.25, 0.3) is 0 Å². The van der Waals surface area contributed by atoms with Crippen LogP contribution < -0.4 is 5.32 Å². The normalized spacial score (nSPS) is 15.4. The van der Waals surface area contributed by atoms with E-state index in [-0.39, 0.29) is 15.5 Å². The number of thioether (sulfide) groups is 2. The van der Waals surface area contributed by atoms with E-state index in [1.54, 1.807) is 23.5 Å². The van der Waals surface area contributed by atoms with Gasteiger partial charge in [-0.05, 0) is 42.2 Å². The molecular weight excluding hydrogens is 436 g/mol. The molecule has 0 atom stereocenters. The van der Waals surface area contributed by atoms with Gasteiger partial charge in [-0.2, -0.15) is 16.1 Å². The quantitative estimate of drug-likeness (QED) is 0.671. The number of carbonyl (C=O) groups is 1. The Kier molecular flexibility index (Phi) is 7.33. The van der Waals surface area contributed by atoms with Crippen LogP contribution in [-0.4, -0.2) is 49.5 Å². The first-order chi connectivity index (χ1) is 13.4. The third kappa shape index (κ3) is 5.04. The van der Waals surface area contributed by atoms with Crippen molar-refractivity contribution in [2.24, 2.45) is 0 Å². The van der Waals surface area contributed by atoms with E-state index in [9.17, 15) is 13.2 Å². The minimum Gasteiger partial charge on any atom is -0.348 e. The van der Waals surface area contributed by atoms with E-state index in [1.807, 2.05) is 30.5 Å². The van der Waals surface area contributed by atoms with Crippen molar-refractivity contribution in [3.63, 3.8) is 0 Å². The smallest absolute Gasteiger partial charge is 0.253 e. The van der Waals surface area contributed by atoms with Gasteiger partial charge in [-0.15, -0.1) is 11.8 Å². The zero-order valence-electron chi connectivity index (χ0n) is 15.4. The standard InChI is InChI=1S/C19H21ClN2O3S3/c1-26-15-4-2-14(3-5-15)13-21-19(23)17-12-16(6-7-18(17)20)28(24,25)22-8-10-27-11-9-22/h2-7,12H,8-11,13H2,1H3,(H,21,23). The van der Waals surface area contributed by atoms with Gasteiger partial charge in [0.05, 0.1) is 15.5 Å². The summed E-state index contributed by atoms with van der Waals surface area (Å²) in [6.45, 7) is 1.29. The molecule has 0 spiro atoms. The number of halogens is 1. The number of benzene rings is 2. The van der Waals surface area contributed by atoms with Crippen LogP contribution in [0.1, 0.15) is 15.9 Å². The first kappa shape index (κ1) is 21.5. The molecule has 1 aliphatic heterocycles. The van der Waals surface area contributed by atoms with Crippen LogP contribution in [0.15, 0.2) is 52.3 Å². The molecule has 1 heterocycles. The van der Waals surface area contributed by atoms with Crippen LogP contribution in [-0.2, 0) is 16.6 Å². The molecule has 150 valence electrons. The summed E-state index contributed by atoms with van der Waals surface area (Å²) in [5.74, 6) is 1.15. The second kappa shape index (κ2) is 9.54. The Hall–Kier alpha value is -1.19. The van der Waals surface area contributed by atoms with Crippen LogP contribution in [0.3, 0.4) is 0 Å². The molecule has 1 aliphatic rings. The maximum absolute atomic E-state index is 12.9. The maximum atomic E-state index is 12.9. The van der Waals surface area contributed by atoms with Crippen molar-refractivity contribution in [1.82, 2.24) is 9.62 Å². The predicted octanol–water partition coefficient (Wildman–Crippen LogP) is 3.73. The summed E-state index contributed by atoms with van der Waals surface area (Å²) in [5, 5.41) is 3.04. The number of sulfonamides is 1. The lowest BCUT2D eigenvalue weighted by Crippen LogP contribution is -2.38. The minimum atomic E-state index is -3.63. The molecule has 3 rings (SSSR count). The molecule has 9 heteroatoms. The van der Waals surface area contributed by atoms with Gasteiger partial charge in [0, 0.05) is 36.0 Å². The first-order valence-electron chi connectivity index (χ1n) is 8.70. The number of hydrogen-bond donors (Lipinski definition) is 1. The van der Waals surface area contributed by atoms with E-state index in [0.29, 0.717) is 19.6 Å². The molecule has 1 N–H and O–H groups in total. The second-order valence-electron chi connectivity index (χ2n) is 6.19. The number of nitrogens with one attached hydrogen (secondary N) is 1. The third-order valence-electron chi connectivity index (χ3n) is 4.40. The van der Waals surface area contributed by atoms with E-state index in [0.717, 1.165) is 22.0 Å². The van der Waals surface area contributed by atoms with E-state index < -0.39 is 15.9 Å². The zero-order chi connectivity index (χ0) is 20.1. The molecule has 0 unspecified atom stereocenters. The summed E-state index contributed by atoms with van der Waals surface area (Å²) in [6.07, 6.45) is 2.00. The number of hydrogen-bond acceptors (Lipinski definition) is 5. The van der Waals surface area contributed by atoms with Crippen molar-refractivity contribution in [2.45, 2.75) is 16.3 Å². The molecule has 1 fully saturated rings. The fourth-order valence-corrected chi connectivity index (χ4v) is 6.01. The van der Waals surface area contributed by atoms with Gasteiger partial charge in [-0.3, -0.25) is 4.79 Å². The van der Waals surface area contributed by atoms with Crippen LogP contribution in [0.2, 0.25) is 5.02 Å². The molecule has 1 amide bonds. The Morgan fingerprint density at radius 2 is 1.86 bits per heavy atom. The van der Waals surface area contributed by atoms with Gasteiger partial charge >= 0.3 is 0 Å². The van der Waals surface area contributed by atoms with E-state index in [2.05, 4.69) is 5.32 Å². The number of carbonyl (C=O) groups excluding carboxylic acids is 1. The van der Waals surface area contributed by atoms with Crippen molar-refractivity contribution in [3.8, 4) is 0 Å². The molecule has 0 bridgehead atoms. The number of nitrogens with zero attached hydrogens (tertiary/aromatic N) is 1. The SMILES string of the molecule is CSc1ccc(CNC(=O)c2cc(S(=O)(=O)N3CCSCC3)ccc2Cl)cc1. The molecular formula is C19H21ClN2O3S3. The van der Waals surface area contributed by atoms with Crippen molar-refractivity contribution in [3.05, 3.63) is 58.6 Å².